The minimum absolute atomic E-state index is 0.196. The van der Waals surface area contributed by atoms with Gasteiger partial charge in [-0.05, 0) is 53.5 Å². The van der Waals surface area contributed by atoms with Crippen LogP contribution >= 0.6 is 0 Å². The fraction of sp³-hybridized carbons (Fsp3) is 0.815. The second-order valence-corrected chi connectivity index (χ2v) is 11.6. The first-order valence-corrected chi connectivity index (χ1v) is 12.7. The molecular weight excluding hydrogens is 468 g/mol. The highest BCUT2D eigenvalue weighted by atomic mass is 16.6. The second kappa shape index (κ2) is 10.1. The summed E-state index contributed by atoms with van der Waals surface area (Å²) >= 11 is 0. The molecule has 0 aromatic rings. The minimum Gasteiger partial charge on any atom is -0.459 e. The molecule has 0 amide bonds. The van der Waals surface area contributed by atoms with Crippen molar-refractivity contribution in [2.45, 2.75) is 116 Å². The molecule has 3 rings (SSSR count). The van der Waals surface area contributed by atoms with Crippen molar-refractivity contribution in [3.8, 4) is 0 Å². The molecule has 2 fully saturated rings. The van der Waals surface area contributed by atoms with E-state index in [1.54, 1.807) is 27.9 Å². The Balaban J connectivity index is 2.23. The van der Waals surface area contributed by atoms with Crippen molar-refractivity contribution in [1.29, 1.82) is 0 Å². The molecule has 0 aromatic carbocycles. The van der Waals surface area contributed by atoms with Gasteiger partial charge in [-0.3, -0.25) is 14.4 Å². The molecule has 204 valence electrons. The number of carbonyl (C=O) groups excluding carboxylic acids is 3. The summed E-state index contributed by atoms with van der Waals surface area (Å²) in [6.45, 7) is 13.2. The van der Waals surface area contributed by atoms with Crippen molar-refractivity contribution in [3.05, 3.63) is 11.6 Å². The summed E-state index contributed by atoms with van der Waals surface area (Å²) in [6.07, 6.45) is 0.817. The predicted molar refractivity (Wildman–Crippen MR) is 130 cm³/mol. The molecular formula is C27H42O9. The predicted octanol–water partition coefficient (Wildman–Crippen LogP) is 3.11. The first-order chi connectivity index (χ1) is 16.5. The Morgan fingerprint density at radius 3 is 2.28 bits per heavy atom. The van der Waals surface area contributed by atoms with Gasteiger partial charge in [0.25, 0.3) is 0 Å². The molecule has 2 bridgehead atoms. The summed E-state index contributed by atoms with van der Waals surface area (Å²) in [7, 11) is 1.56. The van der Waals surface area contributed by atoms with Crippen molar-refractivity contribution in [2.75, 3.05) is 7.11 Å². The summed E-state index contributed by atoms with van der Waals surface area (Å²) < 4.78 is 29.9. The van der Waals surface area contributed by atoms with Gasteiger partial charge in [0.05, 0.1) is 17.8 Å². The standard InChI is InChI=1S/C27H42O9/c1-14-12-18(33-15(2)28)23(25(5,6)35-16(3)29)22-21(14)19-13-26(7,31)20(32-9)10-11-27(8,24(22)34-19)36-17(4)30/h12,18-24,31H,10-11,13H2,1-9H3. The number of hydrogen-bond acceptors (Lipinski definition) is 9. The van der Waals surface area contributed by atoms with E-state index >= 15 is 0 Å². The highest BCUT2D eigenvalue weighted by Gasteiger charge is 2.64. The van der Waals surface area contributed by atoms with Gasteiger partial charge in [0.15, 0.2) is 0 Å². The van der Waals surface area contributed by atoms with Crippen LogP contribution in [0.5, 0.6) is 0 Å². The number of ether oxygens (including phenoxy) is 5. The van der Waals surface area contributed by atoms with E-state index in [9.17, 15) is 19.5 Å². The largest absolute Gasteiger partial charge is 0.459 e. The first-order valence-electron chi connectivity index (χ1n) is 12.7. The maximum Gasteiger partial charge on any atom is 0.303 e. The lowest BCUT2D eigenvalue weighted by Crippen LogP contribution is -2.58. The van der Waals surface area contributed by atoms with Gasteiger partial charge < -0.3 is 28.8 Å². The molecule has 1 aliphatic carbocycles. The molecule has 2 aliphatic heterocycles. The van der Waals surface area contributed by atoms with Crippen LogP contribution in [0.4, 0.5) is 0 Å². The van der Waals surface area contributed by atoms with Crippen molar-refractivity contribution in [3.63, 3.8) is 0 Å². The summed E-state index contributed by atoms with van der Waals surface area (Å²) in [6, 6.07) is 0. The zero-order chi connectivity index (χ0) is 27.2. The van der Waals surface area contributed by atoms with E-state index in [1.807, 2.05) is 19.9 Å². The molecule has 9 heteroatoms. The van der Waals surface area contributed by atoms with Crippen LogP contribution < -0.4 is 0 Å². The first kappa shape index (κ1) is 28.6. The van der Waals surface area contributed by atoms with Gasteiger partial charge in [0.2, 0.25) is 0 Å². The number of aliphatic hydroxyl groups is 1. The van der Waals surface area contributed by atoms with E-state index in [0.29, 0.717) is 19.3 Å². The van der Waals surface area contributed by atoms with E-state index in [0.717, 1.165) is 5.57 Å². The molecule has 0 spiro atoms. The van der Waals surface area contributed by atoms with E-state index in [4.69, 9.17) is 23.7 Å². The van der Waals surface area contributed by atoms with Gasteiger partial charge in [-0.25, -0.2) is 0 Å². The third-order valence-corrected chi connectivity index (χ3v) is 8.19. The Bertz CT molecular complexity index is 907. The number of fused-ring (bicyclic) bond motifs is 5. The number of rotatable bonds is 5. The second-order valence-electron chi connectivity index (χ2n) is 11.6. The van der Waals surface area contributed by atoms with Crippen molar-refractivity contribution >= 4 is 17.9 Å². The molecule has 0 saturated carbocycles. The van der Waals surface area contributed by atoms with Crippen LogP contribution in [0.25, 0.3) is 0 Å². The van der Waals surface area contributed by atoms with Crippen molar-refractivity contribution < 1.29 is 43.2 Å². The summed E-state index contributed by atoms with van der Waals surface area (Å²) in [5, 5.41) is 11.5. The average molecular weight is 511 g/mol. The summed E-state index contributed by atoms with van der Waals surface area (Å²) in [5.74, 6) is -2.38. The van der Waals surface area contributed by atoms with Crippen LogP contribution in [-0.2, 0) is 38.1 Å². The SMILES string of the molecule is COC1CCC(C)(OC(C)=O)C2OC(CC1(C)O)C1C(C)=CC(OC(C)=O)C(C(C)(C)OC(C)=O)C12. The summed E-state index contributed by atoms with van der Waals surface area (Å²) in [4.78, 5) is 36.5. The molecule has 2 saturated heterocycles. The molecule has 36 heavy (non-hydrogen) atoms. The van der Waals surface area contributed by atoms with Crippen molar-refractivity contribution in [1.82, 2.24) is 0 Å². The topological polar surface area (TPSA) is 118 Å². The number of esters is 3. The van der Waals surface area contributed by atoms with Gasteiger partial charge in [0, 0.05) is 52.1 Å². The van der Waals surface area contributed by atoms with E-state index < -0.39 is 65.0 Å². The Hall–Kier alpha value is -1.97. The van der Waals surface area contributed by atoms with Crippen LogP contribution in [0.3, 0.4) is 0 Å². The summed E-state index contributed by atoms with van der Waals surface area (Å²) in [5.41, 5.74) is -2.36. The Labute approximate surface area is 213 Å². The third-order valence-electron chi connectivity index (χ3n) is 8.19. The third kappa shape index (κ3) is 5.48. The van der Waals surface area contributed by atoms with E-state index in [2.05, 4.69) is 0 Å². The lowest BCUT2D eigenvalue weighted by Gasteiger charge is -2.49. The van der Waals surface area contributed by atoms with Crippen LogP contribution in [0, 0.1) is 17.8 Å². The van der Waals surface area contributed by atoms with Crippen LogP contribution in [0.15, 0.2) is 11.6 Å². The zero-order valence-corrected chi connectivity index (χ0v) is 23.0. The van der Waals surface area contributed by atoms with Gasteiger partial charge in [0.1, 0.15) is 23.4 Å². The molecule has 9 nitrogen and oxygen atoms in total. The van der Waals surface area contributed by atoms with E-state index in [-0.39, 0.29) is 11.8 Å². The van der Waals surface area contributed by atoms with Crippen molar-refractivity contribution in [2.24, 2.45) is 17.8 Å². The normalized spacial score (nSPS) is 40.6. The fourth-order valence-electron chi connectivity index (χ4n) is 7.04. The highest BCUT2D eigenvalue weighted by Crippen LogP contribution is 2.56. The number of methoxy groups -OCH3 is 1. The Morgan fingerprint density at radius 1 is 1.11 bits per heavy atom. The molecule has 3 aliphatic rings. The number of hydrogen-bond donors (Lipinski definition) is 1. The number of carbonyl (C=O) groups is 3. The minimum atomic E-state index is -1.20. The maximum absolute atomic E-state index is 12.3. The van der Waals surface area contributed by atoms with Gasteiger partial charge in [-0.15, -0.1) is 0 Å². The lowest BCUT2D eigenvalue weighted by molar-refractivity contribution is -0.192. The molecule has 9 unspecified atom stereocenters. The smallest absolute Gasteiger partial charge is 0.303 e. The Morgan fingerprint density at radius 2 is 1.75 bits per heavy atom. The molecule has 1 N–H and O–H groups in total. The fourth-order valence-corrected chi connectivity index (χ4v) is 7.04. The Kier molecular flexibility index (Phi) is 7.99. The van der Waals surface area contributed by atoms with Crippen LogP contribution in [0.1, 0.15) is 74.7 Å². The molecule has 0 aromatic heterocycles. The highest BCUT2D eigenvalue weighted by molar-refractivity contribution is 5.67. The molecule has 0 radical (unpaired) electrons. The average Bonchev–Trinajstić information content (AvgIpc) is 3.05. The van der Waals surface area contributed by atoms with Gasteiger partial charge in [-0.2, -0.15) is 0 Å². The molecule has 9 atom stereocenters. The van der Waals surface area contributed by atoms with E-state index in [1.165, 1.54) is 20.8 Å². The van der Waals surface area contributed by atoms with Crippen LogP contribution in [0.2, 0.25) is 0 Å². The quantitative estimate of drug-likeness (QED) is 0.338. The lowest BCUT2D eigenvalue weighted by atomic mass is 9.60. The van der Waals surface area contributed by atoms with Gasteiger partial charge >= 0.3 is 17.9 Å². The monoisotopic (exact) mass is 510 g/mol. The zero-order valence-electron chi connectivity index (χ0n) is 23.0. The van der Waals surface area contributed by atoms with Crippen LogP contribution in [-0.4, -0.2) is 71.3 Å². The maximum atomic E-state index is 12.3. The molecule has 2 heterocycles. The van der Waals surface area contributed by atoms with Gasteiger partial charge in [-0.1, -0.05) is 5.57 Å².